The number of hydrogen-bond donors (Lipinski definition) is 1. The number of nitrogens with one attached hydrogen (secondary N) is 1. The van der Waals surface area contributed by atoms with Gasteiger partial charge in [0.1, 0.15) is 16.5 Å². The molecule has 0 spiro atoms. The Morgan fingerprint density at radius 1 is 1.22 bits per heavy atom. The number of nitrogens with zero attached hydrogens (tertiary/aromatic N) is 2. The fourth-order valence-electron chi connectivity index (χ4n) is 1.73. The Bertz CT molecular complexity index is 619. The van der Waals surface area contributed by atoms with Gasteiger partial charge >= 0.3 is 0 Å². The molecule has 1 N–H and O–H groups in total. The number of aryl methyl sites for hydroxylation is 1. The monoisotopic (exact) mass is 355 g/mol. The van der Waals surface area contributed by atoms with Crippen LogP contribution >= 0.6 is 22.9 Å². The van der Waals surface area contributed by atoms with Crippen LogP contribution in [0.4, 0.5) is 5.13 Å². The van der Waals surface area contributed by atoms with Crippen molar-refractivity contribution < 1.29 is 14.3 Å². The molecule has 0 saturated heterocycles. The van der Waals surface area contributed by atoms with E-state index >= 15 is 0 Å². The number of halogens is 1. The van der Waals surface area contributed by atoms with Crippen LogP contribution in [0, 0.1) is 0 Å². The molecule has 0 aliphatic heterocycles. The fourth-order valence-corrected chi connectivity index (χ4v) is 2.66. The molecule has 124 valence electrons. The Labute approximate surface area is 143 Å². The van der Waals surface area contributed by atoms with Crippen molar-refractivity contribution >= 4 is 34.0 Å². The van der Waals surface area contributed by atoms with E-state index in [1.54, 1.807) is 24.3 Å². The molecule has 1 aromatic heterocycles. The molecule has 0 radical (unpaired) electrons. The highest BCUT2D eigenvalue weighted by Crippen LogP contribution is 2.18. The van der Waals surface area contributed by atoms with E-state index in [0.29, 0.717) is 23.4 Å². The number of amides is 1. The minimum absolute atomic E-state index is 0.0927. The molecule has 23 heavy (non-hydrogen) atoms. The minimum Gasteiger partial charge on any atom is -0.494 e. The number of benzene rings is 1. The van der Waals surface area contributed by atoms with Crippen molar-refractivity contribution in [3.63, 3.8) is 0 Å². The van der Waals surface area contributed by atoms with Gasteiger partial charge in [0.15, 0.2) is 6.61 Å². The van der Waals surface area contributed by atoms with Crippen molar-refractivity contribution in [1.82, 2.24) is 10.2 Å². The Morgan fingerprint density at radius 2 is 1.91 bits per heavy atom. The highest BCUT2D eigenvalue weighted by Gasteiger charge is 2.09. The lowest BCUT2D eigenvalue weighted by Crippen LogP contribution is -2.20. The van der Waals surface area contributed by atoms with Crippen LogP contribution in [0.5, 0.6) is 11.5 Å². The number of anilines is 1. The van der Waals surface area contributed by atoms with Crippen LogP contribution < -0.4 is 14.8 Å². The Hall–Kier alpha value is -1.86. The van der Waals surface area contributed by atoms with E-state index in [1.165, 1.54) is 11.3 Å². The molecule has 2 aromatic rings. The molecule has 0 unspecified atom stereocenters. The first-order valence-corrected chi connectivity index (χ1v) is 8.60. The minimum atomic E-state index is -0.279. The van der Waals surface area contributed by atoms with E-state index < -0.39 is 0 Å². The zero-order valence-corrected chi connectivity index (χ0v) is 14.3. The normalized spacial score (nSPS) is 10.3. The zero-order chi connectivity index (χ0) is 16.5. The Balaban J connectivity index is 1.77. The first kappa shape index (κ1) is 17.5. The predicted molar refractivity (Wildman–Crippen MR) is 90.7 cm³/mol. The van der Waals surface area contributed by atoms with E-state index in [4.69, 9.17) is 21.1 Å². The lowest BCUT2D eigenvalue weighted by atomic mass is 10.3. The first-order chi connectivity index (χ1) is 11.2. The van der Waals surface area contributed by atoms with Gasteiger partial charge in [0.05, 0.1) is 6.61 Å². The summed E-state index contributed by atoms with van der Waals surface area (Å²) in [7, 11) is 0. The summed E-state index contributed by atoms with van der Waals surface area (Å²) >= 11 is 6.98. The number of rotatable bonds is 9. The molecule has 0 bridgehead atoms. The summed E-state index contributed by atoms with van der Waals surface area (Å²) in [5.41, 5.74) is 0. The number of alkyl halides is 1. The van der Waals surface area contributed by atoms with Gasteiger partial charge in [0, 0.05) is 12.3 Å². The van der Waals surface area contributed by atoms with Crippen LogP contribution in [0.25, 0.3) is 0 Å². The molecule has 0 aliphatic carbocycles. The third kappa shape index (κ3) is 6.03. The van der Waals surface area contributed by atoms with E-state index in [1.807, 2.05) is 6.92 Å². The van der Waals surface area contributed by atoms with Gasteiger partial charge in [-0.15, -0.1) is 21.8 Å². The van der Waals surface area contributed by atoms with Crippen molar-refractivity contribution in [3.8, 4) is 11.5 Å². The van der Waals surface area contributed by atoms with Gasteiger partial charge in [0.25, 0.3) is 5.91 Å². The smallest absolute Gasteiger partial charge is 0.264 e. The van der Waals surface area contributed by atoms with Crippen molar-refractivity contribution in [2.75, 3.05) is 24.4 Å². The van der Waals surface area contributed by atoms with Crippen molar-refractivity contribution in [2.45, 2.75) is 19.8 Å². The molecule has 8 heteroatoms. The molecular weight excluding hydrogens is 338 g/mol. The third-order valence-corrected chi connectivity index (χ3v) is 3.91. The summed E-state index contributed by atoms with van der Waals surface area (Å²) in [5, 5.41) is 11.9. The Kier molecular flexibility index (Phi) is 7.09. The van der Waals surface area contributed by atoms with Crippen LogP contribution in [-0.4, -0.2) is 35.2 Å². The molecule has 2 rings (SSSR count). The summed E-state index contributed by atoms with van der Waals surface area (Å²) in [6, 6.07) is 7.11. The van der Waals surface area contributed by atoms with Crippen molar-refractivity contribution in [3.05, 3.63) is 29.3 Å². The summed E-state index contributed by atoms with van der Waals surface area (Å²) < 4.78 is 10.8. The van der Waals surface area contributed by atoms with Gasteiger partial charge in [-0.2, -0.15) is 0 Å². The standard InChI is InChI=1S/C15H18ClN3O3S/c1-2-21-11-5-7-12(8-6-11)22-10-13(20)17-15-19-18-14(23-15)4-3-9-16/h5-8H,2-4,9-10H2,1H3,(H,17,19,20). The van der Waals surface area contributed by atoms with Crippen molar-refractivity contribution in [1.29, 1.82) is 0 Å². The van der Waals surface area contributed by atoms with Gasteiger partial charge in [-0.25, -0.2) is 0 Å². The number of hydrogen-bond acceptors (Lipinski definition) is 6. The second kappa shape index (κ2) is 9.32. The SMILES string of the molecule is CCOc1ccc(OCC(=O)Nc2nnc(CCCCl)s2)cc1. The number of ether oxygens (including phenoxy) is 2. The van der Waals surface area contributed by atoms with E-state index in [0.717, 1.165) is 23.6 Å². The summed E-state index contributed by atoms with van der Waals surface area (Å²) in [6.45, 7) is 2.44. The average molecular weight is 356 g/mol. The van der Waals surface area contributed by atoms with E-state index in [-0.39, 0.29) is 12.5 Å². The summed E-state index contributed by atoms with van der Waals surface area (Å²) in [6.07, 6.45) is 1.60. The fraction of sp³-hybridized carbons (Fsp3) is 0.400. The van der Waals surface area contributed by atoms with Gasteiger partial charge in [0.2, 0.25) is 5.13 Å². The molecule has 0 atom stereocenters. The number of carbonyl (C=O) groups excluding carboxylic acids is 1. The molecule has 0 saturated carbocycles. The molecule has 1 heterocycles. The highest BCUT2D eigenvalue weighted by molar-refractivity contribution is 7.15. The maximum atomic E-state index is 11.8. The highest BCUT2D eigenvalue weighted by atomic mass is 35.5. The largest absolute Gasteiger partial charge is 0.494 e. The van der Waals surface area contributed by atoms with Gasteiger partial charge in [-0.05, 0) is 37.6 Å². The van der Waals surface area contributed by atoms with Gasteiger partial charge in [-0.1, -0.05) is 11.3 Å². The third-order valence-electron chi connectivity index (χ3n) is 2.74. The quantitative estimate of drug-likeness (QED) is 0.699. The second-order valence-corrected chi connectivity index (χ2v) is 5.97. The molecular formula is C15H18ClN3O3S. The molecule has 6 nitrogen and oxygen atoms in total. The summed E-state index contributed by atoms with van der Waals surface area (Å²) in [4.78, 5) is 11.8. The molecule has 1 aromatic carbocycles. The molecule has 0 fully saturated rings. The predicted octanol–water partition coefficient (Wildman–Crippen LogP) is 3.13. The number of aromatic nitrogens is 2. The van der Waals surface area contributed by atoms with Crippen LogP contribution in [0.1, 0.15) is 18.4 Å². The van der Waals surface area contributed by atoms with Gasteiger partial charge in [-0.3, -0.25) is 10.1 Å². The maximum Gasteiger partial charge on any atom is 0.264 e. The molecule has 0 aliphatic rings. The Morgan fingerprint density at radius 3 is 2.57 bits per heavy atom. The second-order valence-electron chi connectivity index (χ2n) is 4.53. The first-order valence-electron chi connectivity index (χ1n) is 7.25. The summed E-state index contributed by atoms with van der Waals surface area (Å²) in [5.74, 6) is 1.67. The maximum absolute atomic E-state index is 11.8. The van der Waals surface area contributed by atoms with E-state index in [2.05, 4.69) is 15.5 Å². The zero-order valence-electron chi connectivity index (χ0n) is 12.8. The number of carbonyl (C=O) groups is 1. The lowest BCUT2D eigenvalue weighted by molar-refractivity contribution is -0.118. The van der Waals surface area contributed by atoms with E-state index in [9.17, 15) is 4.79 Å². The van der Waals surface area contributed by atoms with Crippen LogP contribution in [0.15, 0.2) is 24.3 Å². The lowest BCUT2D eigenvalue weighted by Gasteiger charge is -2.07. The topological polar surface area (TPSA) is 73.3 Å². The average Bonchev–Trinajstić information content (AvgIpc) is 3.00. The van der Waals surface area contributed by atoms with Crippen molar-refractivity contribution in [2.24, 2.45) is 0 Å². The molecule has 1 amide bonds. The van der Waals surface area contributed by atoms with Gasteiger partial charge < -0.3 is 9.47 Å². The van der Waals surface area contributed by atoms with Crippen LogP contribution in [0.3, 0.4) is 0 Å². The van der Waals surface area contributed by atoms with Crippen LogP contribution in [0.2, 0.25) is 0 Å². The van der Waals surface area contributed by atoms with Crippen LogP contribution in [-0.2, 0) is 11.2 Å².